The molecule has 0 atom stereocenters. The van der Waals surface area contributed by atoms with Crippen LogP contribution in [0.4, 0.5) is 0 Å². The van der Waals surface area contributed by atoms with Gasteiger partial charge in [0.1, 0.15) is 0 Å². The van der Waals surface area contributed by atoms with Gasteiger partial charge in [0.05, 0.1) is 12.3 Å². The SMILES string of the molecule is C=CN=C(C=C)CO.CC. The van der Waals surface area contributed by atoms with E-state index in [1.165, 1.54) is 12.3 Å². The second kappa shape index (κ2) is 11.0. The lowest BCUT2D eigenvalue weighted by molar-refractivity contribution is 0.358. The molecule has 58 valence electrons. The topological polar surface area (TPSA) is 32.6 Å². The van der Waals surface area contributed by atoms with Crippen LogP contribution in [0.3, 0.4) is 0 Å². The van der Waals surface area contributed by atoms with Crippen LogP contribution in [0, 0.1) is 0 Å². The quantitative estimate of drug-likeness (QED) is 0.597. The van der Waals surface area contributed by atoms with Gasteiger partial charge < -0.3 is 5.11 Å². The molecule has 0 aromatic rings. The number of nitrogens with zero attached hydrogens (tertiary/aromatic N) is 1. The summed E-state index contributed by atoms with van der Waals surface area (Å²) < 4.78 is 0. The van der Waals surface area contributed by atoms with Crippen LogP contribution in [0.5, 0.6) is 0 Å². The highest BCUT2D eigenvalue weighted by Crippen LogP contribution is 1.77. The molecule has 0 amide bonds. The molecule has 0 rings (SSSR count). The minimum Gasteiger partial charge on any atom is -0.390 e. The van der Waals surface area contributed by atoms with E-state index in [2.05, 4.69) is 18.2 Å². The highest BCUT2D eigenvalue weighted by Gasteiger charge is 1.82. The molecule has 2 nitrogen and oxygen atoms in total. The van der Waals surface area contributed by atoms with Crippen LogP contribution in [0.25, 0.3) is 0 Å². The maximum absolute atomic E-state index is 8.41. The lowest BCUT2D eigenvalue weighted by Gasteiger charge is -1.87. The molecule has 0 spiro atoms. The van der Waals surface area contributed by atoms with Gasteiger partial charge >= 0.3 is 0 Å². The van der Waals surface area contributed by atoms with E-state index in [0.717, 1.165) is 0 Å². The van der Waals surface area contributed by atoms with Gasteiger partial charge in [0.2, 0.25) is 0 Å². The third-order valence-electron chi connectivity index (χ3n) is 0.655. The summed E-state index contributed by atoms with van der Waals surface area (Å²) in [6.07, 6.45) is 2.86. The molecule has 0 saturated carbocycles. The van der Waals surface area contributed by atoms with Gasteiger partial charge in [-0.1, -0.05) is 27.0 Å². The van der Waals surface area contributed by atoms with Crippen molar-refractivity contribution < 1.29 is 5.11 Å². The minimum absolute atomic E-state index is 0.0739. The van der Waals surface area contributed by atoms with E-state index < -0.39 is 0 Å². The third-order valence-corrected chi connectivity index (χ3v) is 0.655. The molecular weight excluding hydrogens is 126 g/mol. The van der Waals surface area contributed by atoms with Crippen molar-refractivity contribution in [1.82, 2.24) is 0 Å². The van der Waals surface area contributed by atoms with Gasteiger partial charge in [-0.2, -0.15) is 0 Å². The Kier molecular flexibility index (Phi) is 13.0. The lowest BCUT2D eigenvalue weighted by atomic mass is 10.4. The molecule has 2 heteroatoms. The average Bonchev–Trinajstić information content (AvgIpc) is 2.04. The summed E-state index contributed by atoms with van der Waals surface area (Å²) in [5.41, 5.74) is 0.542. The van der Waals surface area contributed by atoms with Crippen molar-refractivity contribution in [3.8, 4) is 0 Å². The largest absolute Gasteiger partial charge is 0.390 e. The summed E-state index contributed by atoms with van der Waals surface area (Å²) in [5.74, 6) is 0. The summed E-state index contributed by atoms with van der Waals surface area (Å²) in [5, 5.41) is 8.41. The molecule has 1 N–H and O–H groups in total. The van der Waals surface area contributed by atoms with Crippen molar-refractivity contribution in [2.24, 2.45) is 4.99 Å². The molecule has 0 aliphatic carbocycles. The number of aliphatic hydroxyl groups is 1. The highest BCUT2D eigenvalue weighted by atomic mass is 16.3. The number of aliphatic hydroxyl groups excluding tert-OH is 1. The molecule has 10 heavy (non-hydrogen) atoms. The molecule has 0 aliphatic rings. The van der Waals surface area contributed by atoms with Crippen molar-refractivity contribution in [3.63, 3.8) is 0 Å². The molecule has 0 aromatic carbocycles. The lowest BCUT2D eigenvalue weighted by Crippen LogP contribution is -1.97. The van der Waals surface area contributed by atoms with Crippen molar-refractivity contribution in [3.05, 3.63) is 25.4 Å². The summed E-state index contributed by atoms with van der Waals surface area (Å²) in [6, 6.07) is 0. The van der Waals surface area contributed by atoms with Gasteiger partial charge in [0, 0.05) is 6.20 Å². The molecular formula is C8H15NO. The number of hydrogen-bond acceptors (Lipinski definition) is 2. The molecule has 0 unspecified atom stereocenters. The molecule has 0 heterocycles. The minimum atomic E-state index is -0.0739. The standard InChI is InChI=1S/C6H9NO.C2H6/c1-3-6(5-8)7-4-2;1-2/h3-4,8H,1-2,5H2;1-2H3. The Labute approximate surface area is 62.6 Å². The van der Waals surface area contributed by atoms with Crippen molar-refractivity contribution in [1.29, 1.82) is 0 Å². The van der Waals surface area contributed by atoms with Crippen LogP contribution in [0.2, 0.25) is 0 Å². The summed E-state index contributed by atoms with van der Waals surface area (Å²) >= 11 is 0. The number of aliphatic imine (C=N–C) groups is 1. The Morgan fingerprint density at radius 1 is 1.50 bits per heavy atom. The number of rotatable bonds is 3. The molecule has 0 fully saturated rings. The fraction of sp³-hybridized carbons (Fsp3) is 0.375. The van der Waals surface area contributed by atoms with Crippen LogP contribution in [0.15, 0.2) is 30.4 Å². The molecule has 0 bridgehead atoms. The first-order valence-corrected chi connectivity index (χ1v) is 3.26. The Morgan fingerprint density at radius 3 is 2.10 bits per heavy atom. The third kappa shape index (κ3) is 7.11. The van der Waals surface area contributed by atoms with E-state index in [9.17, 15) is 0 Å². The zero-order valence-corrected chi connectivity index (χ0v) is 6.67. The monoisotopic (exact) mass is 141 g/mol. The predicted octanol–water partition coefficient (Wildman–Crippen LogP) is 1.78. The first kappa shape index (κ1) is 11.9. The van der Waals surface area contributed by atoms with E-state index in [1.807, 2.05) is 13.8 Å². The van der Waals surface area contributed by atoms with Crippen LogP contribution < -0.4 is 0 Å². The zero-order valence-electron chi connectivity index (χ0n) is 6.67. The van der Waals surface area contributed by atoms with Gasteiger partial charge in [-0.15, -0.1) is 0 Å². The Hall–Kier alpha value is -0.890. The smallest absolute Gasteiger partial charge is 0.0852 e. The maximum Gasteiger partial charge on any atom is 0.0852 e. The highest BCUT2D eigenvalue weighted by molar-refractivity contribution is 5.95. The maximum atomic E-state index is 8.41. The van der Waals surface area contributed by atoms with Crippen LogP contribution in [-0.4, -0.2) is 17.4 Å². The van der Waals surface area contributed by atoms with Gasteiger partial charge in [0.15, 0.2) is 0 Å². The van der Waals surface area contributed by atoms with Gasteiger partial charge in [-0.3, -0.25) is 4.99 Å². The molecule has 0 aliphatic heterocycles. The van der Waals surface area contributed by atoms with Gasteiger partial charge in [-0.05, 0) is 6.08 Å². The van der Waals surface area contributed by atoms with Crippen molar-refractivity contribution >= 4 is 5.71 Å². The van der Waals surface area contributed by atoms with E-state index in [4.69, 9.17) is 5.11 Å². The molecule has 0 aromatic heterocycles. The van der Waals surface area contributed by atoms with Crippen LogP contribution >= 0.6 is 0 Å². The van der Waals surface area contributed by atoms with E-state index in [0.29, 0.717) is 5.71 Å². The normalized spacial score (nSPS) is 9.30. The van der Waals surface area contributed by atoms with Crippen LogP contribution in [-0.2, 0) is 0 Å². The first-order chi connectivity index (χ1) is 4.85. The Bertz CT molecular complexity index is 116. The summed E-state index contributed by atoms with van der Waals surface area (Å²) in [7, 11) is 0. The van der Waals surface area contributed by atoms with Gasteiger partial charge in [0.25, 0.3) is 0 Å². The second-order valence-corrected chi connectivity index (χ2v) is 1.17. The van der Waals surface area contributed by atoms with Crippen LogP contribution in [0.1, 0.15) is 13.8 Å². The zero-order chi connectivity index (χ0) is 8.41. The molecule has 0 saturated heterocycles. The van der Waals surface area contributed by atoms with E-state index in [-0.39, 0.29) is 6.61 Å². The van der Waals surface area contributed by atoms with Crippen molar-refractivity contribution in [2.45, 2.75) is 13.8 Å². The first-order valence-electron chi connectivity index (χ1n) is 3.26. The fourth-order valence-corrected chi connectivity index (χ4v) is 0.275. The Balaban J connectivity index is 0. The molecule has 0 radical (unpaired) electrons. The van der Waals surface area contributed by atoms with E-state index >= 15 is 0 Å². The Morgan fingerprint density at radius 2 is 2.00 bits per heavy atom. The predicted molar refractivity (Wildman–Crippen MR) is 46.3 cm³/mol. The summed E-state index contributed by atoms with van der Waals surface area (Å²) in [4.78, 5) is 3.67. The average molecular weight is 141 g/mol. The van der Waals surface area contributed by atoms with Crippen molar-refractivity contribution in [2.75, 3.05) is 6.61 Å². The van der Waals surface area contributed by atoms with E-state index in [1.54, 1.807) is 0 Å². The second-order valence-electron chi connectivity index (χ2n) is 1.17. The fourth-order valence-electron chi connectivity index (χ4n) is 0.275. The van der Waals surface area contributed by atoms with Gasteiger partial charge in [-0.25, -0.2) is 0 Å². The number of hydrogen-bond donors (Lipinski definition) is 1. The summed E-state index contributed by atoms with van der Waals surface area (Å²) in [6.45, 7) is 10.7.